The fourth-order valence-electron chi connectivity index (χ4n) is 3.01. The first-order valence-corrected chi connectivity index (χ1v) is 12.3. The van der Waals surface area contributed by atoms with Gasteiger partial charge in [-0.2, -0.15) is 114 Å². The van der Waals surface area contributed by atoms with Crippen LogP contribution in [0.25, 0.3) is 0 Å². The molecule has 0 bridgehead atoms. The molecule has 0 aliphatic heterocycles. The lowest BCUT2D eigenvalue weighted by Gasteiger charge is -2.39. The van der Waals surface area contributed by atoms with Gasteiger partial charge < -0.3 is 9.47 Å². The van der Waals surface area contributed by atoms with E-state index in [-0.39, 0.29) is 0 Å². The van der Waals surface area contributed by atoms with E-state index in [1.165, 1.54) is 0 Å². The Hall–Kier alpha value is -3.28. The van der Waals surface area contributed by atoms with Gasteiger partial charge in [0.1, 0.15) is 0 Å². The summed E-state index contributed by atoms with van der Waals surface area (Å²) >= 11 is 0. The van der Waals surface area contributed by atoms with Gasteiger partial charge in [0.05, 0.1) is 13.2 Å². The van der Waals surface area contributed by atoms with Gasteiger partial charge in [0.25, 0.3) is 0 Å². The molecule has 0 aliphatic rings. The molecule has 0 rings (SSSR count). The van der Waals surface area contributed by atoms with Crippen molar-refractivity contribution in [2.24, 2.45) is 0 Å². The van der Waals surface area contributed by atoms with Gasteiger partial charge in [0.2, 0.25) is 0 Å². The average Bonchev–Trinajstić information content (AvgIpc) is 2.94. The molecule has 6 nitrogen and oxygen atoms in total. The molecule has 0 saturated heterocycles. The van der Waals surface area contributed by atoms with Gasteiger partial charge in [-0.05, 0) is 12.8 Å². The number of hydrogen-bond donors (Lipinski definition) is 2. The number of carbonyl (C=O) groups is 2. The van der Waals surface area contributed by atoms with Crippen LogP contribution in [0.4, 0.5) is 124 Å². The standard InChI is InChI=1S/C20H14F26N2O4/c21-9(22,11(25,26)13(29,30)15(33,34)17(37,38)19(41,42)43)3-1-5-51-7(49)47-48-8(50)52-6-2-4-10(23,24)12(27,28)14(31,32)16(35,36)18(39,40)20(44,45)46/h1-6H2,(H,47,49)(H,48,50). The minimum Gasteiger partial charge on any atom is -0.448 e. The fourth-order valence-corrected chi connectivity index (χ4v) is 3.01. The van der Waals surface area contributed by atoms with E-state index in [1.807, 2.05) is 0 Å². The molecule has 0 aromatic carbocycles. The lowest BCUT2D eigenvalue weighted by Crippen LogP contribution is -2.70. The predicted octanol–water partition coefficient (Wildman–Crippen LogP) is 9.39. The van der Waals surface area contributed by atoms with E-state index in [0.717, 1.165) is 10.9 Å². The number of ether oxygens (including phenoxy) is 2. The smallest absolute Gasteiger partial charge is 0.448 e. The maximum atomic E-state index is 13.6. The zero-order valence-electron chi connectivity index (χ0n) is 23.7. The fraction of sp³-hybridized carbons (Fsp3) is 0.900. The molecule has 0 fully saturated rings. The van der Waals surface area contributed by atoms with Crippen LogP contribution in [-0.2, 0) is 9.47 Å². The topological polar surface area (TPSA) is 76.7 Å². The second-order valence-corrected chi connectivity index (χ2v) is 9.73. The zero-order valence-corrected chi connectivity index (χ0v) is 23.7. The van der Waals surface area contributed by atoms with Crippen LogP contribution in [0.5, 0.6) is 0 Å². The molecule has 0 unspecified atom stereocenters. The molecule has 0 aromatic heterocycles. The number of halogens is 26. The number of nitrogens with one attached hydrogen (secondary N) is 2. The normalized spacial score (nSPS) is 15.3. The van der Waals surface area contributed by atoms with Crippen LogP contribution in [-0.4, -0.2) is 97.0 Å². The van der Waals surface area contributed by atoms with Crippen molar-refractivity contribution in [1.82, 2.24) is 10.9 Å². The van der Waals surface area contributed by atoms with Crippen molar-refractivity contribution >= 4 is 12.2 Å². The van der Waals surface area contributed by atoms with Gasteiger partial charge in [-0.25, -0.2) is 20.4 Å². The van der Waals surface area contributed by atoms with Crippen molar-refractivity contribution in [3.05, 3.63) is 0 Å². The van der Waals surface area contributed by atoms with E-state index in [0.29, 0.717) is 0 Å². The second-order valence-electron chi connectivity index (χ2n) is 9.73. The molecule has 2 N–H and O–H groups in total. The summed E-state index contributed by atoms with van der Waals surface area (Å²) in [5.74, 6) is -76.9. The minimum atomic E-state index is -8.18. The molecule has 0 aliphatic carbocycles. The molecule has 52 heavy (non-hydrogen) atoms. The summed E-state index contributed by atoms with van der Waals surface area (Å²) in [4.78, 5) is 22.5. The number of amides is 2. The lowest BCUT2D eigenvalue weighted by atomic mass is 9.92. The Morgan fingerprint density at radius 2 is 0.558 bits per heavy atom. The Labute approximate surface area is 268 Å². The highest BCUT2D eigenvalue weighted by Gasteiger charge is 2.92. The summed E-state index contributed by atoms with van der Waals surface area (Å²) in [6.07, 6.45) is -28.8. The molecule has 0 radical (unpaired) electrons. The van der Waals surface area contributed by atoms with Gasteiger partial charge in [0, 0.05) is 12.8 Å². The Bertz CT molecular complexity index is 1150. The Morgan fingerprint density at radius 3 is 0.769 bits per heavy atom. The highest BCUT2D eigenvalue weighted by molar-refractivity contribution is 5.73. The van der Waals surface area contributed by atoms with Crippen LogP contribution >= 0.6 is 0 Å². The third kappa shape index (κ3) is 8.42. The van der Waals surface area contributed by atoms with Gasteiger partial charge in [-0.3, -0.25) is 0 Å². The average molecular weight is 840 g/mol. The summed E-state index contributed by atoms with van der Waals surface area (Å²) in [5, 5.41) is 0. The van der Waals surface area contributed by atoms with Gasteiger partial charge in [0.15, 0.2) is 0 Å². The summed E-state index contributed by atoms with van der Waals surface area (Å²) in [7, 11) is 0. The van der Waals surface area contributed by atoms with E-state index in [1.54, 1.807) is 0 Å². The van der Waals surface area contributed by atoms with Crippen molar-refractivity contribution < 1.29 is 133 Å². The van der Waals surface area contributed by atoms with E-state index in [4.69, 9.17) is 0 Å². The Balaban J connectivity index is 5.11. The van der Waals surface area contributed by atoms with E-state index in [2.05, 4.69) is 9.47 Å². The summed E-state index contributed by atoms with van der Waals surface area (Å²) in [5.41, 5.74) is 1.97. The lowest BCUT2D eigenvalue weighted by molar-refractivity contribution is -0.440. The first-order valence-electron chi connectivity index (χ1n) is 12.3. The highest BCUT2D eigenvalue weighted by Crippen LogP contribution is 2.62. The third-order valence-corrected chi connectivity index (χ3v) is 6.00. The quantitative estimate of drug-likeness (QED) is 0.0924. The largest absolute Gasteiger partial charge is 0.460 e. The van der Waals surface area contributed by atoms with Crippen molar-refractivity contribution in [2.45, 2.75) is 97.3 Å². The van der Waals surface area contributed by atoms with Gasteiger partial charge >= 0.3 is 83.8 Å². The van der Waals surface area contributed by atoms with Crippen molar-refractivity contribution in [1.29, 1.82) is 0 Å². The first kappa shape index (κ1) is 48.7. The van der Waals surface area contributed by atoms with Crippen LogP contribution in [0.15, 0.2) is 0 Å². The summed E-state index contributed by atoms with van der Waals surface area (Å²) in [6, 6.07) is 0. The molecule has 0 heterocycles. The molecule has 32 heteroatoms. The van der Waals surface area contributed by atoms with E-state index in [9.17, 15) is 124 Å². The van der Waals surface area contributed by atoms with Crippen LogP contribution in [0, 0.1) is 0 Å². The summed E-state index contributed by atoms with van der Waals surface area (Å²) in [6.45, 7) is -3.37. The molecular formula is C20H14F26N2O4. The van der Waals surface area contributed by atoms with Crippen LogP contribution in [0.3, 0.4) is 0 Å². The maximum Gasteiger partial charge on any atom is 0.460 e. The monoisotopic (exact) mass is 840 g/mol. The number of hydrazine groups is 1. The van der Waals surface area contributed by atoms with Crippen molar-refractivity contribution in [3.63, 3.8) is 0 Å². The molecular weight excluding hydrogens is 826 g/mol. The van der Waals surface area contributed by atoms with Crippen LogP contribution in [0.1, 0.15) is 25.7 Å². The summed E-state index contributed by atoms with van der Waals surface area (Å²) < 4.78 is 346. The Morgan fingerprint density at radius 1 is 0.346 bits per heavy atom. The zero-order chi connectivity index (χ0) is 42.2. The van der Waals surface area contributed by atoms with Crippen molar-refractivity contribution in [3.8, 4) is 0 Å². The number of carbonyl (C=O) groups excluding carboxylic acids is 2. The van der Waals surface area contributed by atoms with Gasteiger partial charge in [-0.15, -0.1) is 0 Å². The van der Waals surface area contributed by atoms with E-state index < -0.39 is 123 Å². The Kier molecular flexibility index (Phi) is 13.6. The number of rotatable bonds is 16. The van der Waals surface area contributed by atoms with Crippen molar-refractivity contribution in [2.75, 3.05) is 13.2 Å². The number of alkyl halides is 26. The first-order chi connectivity index (χ1) is 22.5. The minimum absolute atomic E-state index is 0.985. The maximum absolute atomic E-state index is 13.6. The molecule has 0 aromatic rings. The predicted molar refractivity (Wildman–Crippen MR) is 109 cm³/mol. The van der Waals surface area contributed by atoms with Crippen LogP contribution < -0.4 is 10.9 Å². The SMILES string of the molecule is O=C(NNC(=O)OCCCC(F)(F)C(F)(F)C(F)(F)C(F)(F)C(F)(F)C(F)(F)F)OCCCC(F)(F)C(F)(F)C(F)(F)C(F)(F)C(F)(F)C(F)(F)F. The molecule has 0 spiro atoms. The molecule has 0 saturated carbocycles. The molecule has 310 valence electrons. The second kappa shape index (κ2) is 14.5. The number of hydrogen-bond acceptors (Lipinski definition) is 4. The molecule has 0 atom stereocenters. The van der Waals surface area contributed by atoms with Gasteiger partial charge in [-0.1, -0.05) is 0 Å². The van der Waals surface area contributed by atoms with Crippen LogP contribution in [0.2, 0.25) is 0 Å². The third-order valence-electron chi connectivity index (χ3n) is 6.00. The molecule has 2 amide bonds. The highest BCUT2D eigenvalue weighted by atomic mass is 19.4. The van der Waals surface area contributed by atoms with E-state index >= 15 is 0 Å².